The summed E-state index contributed by atoms with van der Waals surface area (Å²) >= 11 is 0. The average molecular weight is 456 g/mol. The number of hydrogen-bond donors (Lipinski definition) is 4. The molecule has 33 heavy (non-hydrogen) atoms. The maximum Gasteiger partial charge on any atom is 0.344 e. The van der Waals surface area contributed by atoms with Gasteiger partial charge in [-0.3, -0.25) is 4.79 Å². The minimum atomic E-state index is -1.93. The number of carboxylic acid groups (broad SMARTS) is 1. The third-order valence-corrected chi connectivity index (χ3v) is 5.44. The molecule has 0 amide bonds. The normalized spacial score (nSPS) is 25.0. The van der Waals surface area contributed by atoms with Gasteiger partial charge in [0, 0.05) is 11.1 Å². The Morgan fingerprint density at radius 1 is 0.939 bits per heavy atom. The summed E-state index contributed by atoms with van der Waals surface area (Å²) in [4.78, 5) is 37.1. The van der Waals surface area contributed by atoms with Crippen molar-refractivity contribution in [2.24, 2.45) is 0 Å². The Kier molecular flexibility index (Phi) is 6.00. The van der Waals surface area contributed by atoms with Crippen LogP contribution in [0.2, 0.25) is 0 Å². The standard InChI is InChI=1S/C23H20O10/c1-10-14(24)12-8-5-9-13(19(12)31-18(10)11-6-3-2-4-7-11)22(30)33-23-17(27)15(25)16(26)20(32-23)21(28)29/h2-9,15-17,20,23,25-27H,1H3,(H,28,29)/t15-,16+,17-,20+,23-/m1/s1. The van der Waals surface area contributed by atoms with Gasteiger partial charge >= 0.3 is 11.9 Å². The first-order chi connectivity index (χ1) is 15.7. The predicted molar refractivity (Wildman–Crippen MR) is 112 cm³/mol. The van der Waals surface area contributed by atoms with E-state index < -0.39 is 42.6 Å². The molecular formula is C23H20O10. The molecule has 3 aromatic rings. The number of carbonyl (C=O) groups is 2. The van der Waals surface area contributed by atoms with Crippen molar-refractivity contribution in [1.29, 1.82) is 0 Å². The number of benzene rings is 2. The Hall–Kier alpha value is -3.57. The number of aliphatic carboxylic acids is 1. The summed E-state index contributed by atoms with van der Waals surface area (Å²) in [5.74, 6) is -2.45. The molecule has 10 nitrogen and oxygen atoms in total. The minimum Gasteiger partial charge on any atom is -0.479 e. The van der Waals surface area contributed by atoms with Gasteiger partial charge in [-0.05, 0) is 19.1 Å². The lowest BCUT2D eigenvalue weighted by Gasteiger charge is -2.37. The molecular weight excluding hydrogens is 436 g/mol. The second-order valence-electron chi connectivity index (χ2n) is 7.57. The number of para-hydroxylation sites is 1. The monoisotopic (exact) mass is 456 g/mol. The van der Waals surface area contributed by atoms with E-state index in [0.29, 0.717) is 11.1 Å². The number of aliphatic hydroxyl groups is 3. The van der Waals surface area contributed by atoms with E-state index in [2.05, 4.69) is 0 Å². The minimum absolute atomic E-state index is 0.0716. The van der Waals surface area contributed by atoms with E-state index in [1.165, 1.54) is 18.2 Å². The van der Waals surface area contributed by atoms with Crippen LogP contribution in [0.15, 0.2) is 57.7 Å². The van der Waals surface area contributed by atoms with Gasteiger partial charge in [0.1, 0.15) is 29.6 Å². The summed E-state index contributed by atoms with van der Waals surface area (Å²) in [6.45, 7) is 1.60. The predicted octanol–water partition coefficient (Wildman–Crippen LogP) is 0.817. The van der Waals surface area contributed by atoms with Gasteiger partial charge in [0.25, 0.3) is 0 Å². The van der Waals surface area contributed by atoms with Crippen molar-refractivity contribution in [3.8, 4) is 11.3 Å². The van der Waals surface area contributed by atoms with E-state index in [0.717, 1.165) is 0 Å². The second kappa shape index (κ2) is 8.75. The zero-order valence-corrected chi connectivity index (χ0v) is 17.2. The SMILES string of the molecule is Cc1c(-c2ccccc2)oc2c(C(=O)O[C@H]3O[C@H](C(=O)O)[C@@H](O)[C@@H](O)[C@H]3O)cccc2c1=O. The van der Waals surface area contributed by atoms with Gasteiger partial charge in [0.2, 0.25) is 6.29 Å². The Labute approximate surface area is 186 Å². The first kappa shape index (κ1) is 22.6. The highest BCUT2D eigenvalue weighted by Gasteiger charge is 2.48. The summed E-state index contributed by atoms with van der Waals surface area (Å²) in [5.41, 5.74) is 0.349. The molecule has 4 rings (SSSR count). The van der Waals surface area contributed by atoms with Crippen LogP contribution in [-0.2, 0) is 14.3 Å². The summed E-state index contributed by atoms with van der Waals surface area (Å²) in [7, 11) is 0. The summed E-state index contributed by atoms with van der Waals surface area (Å²) in [6.07, 6.45) is -9.60. The molecule has 1 saturated heterocycles. The number of esters is 1. The number of aliphatic hydroxyl groups excluding tert-OH is 3. The topological polar surface area (TPSA) is 164 Å². The third kappa shape index (κ3) is 4.00. The lowest BCUT2D eigenvalue weighted by molar-refractivity contribution is -0.278. The molecule has 10 heteroatoms. The van der Waals surface area contributed by atoms with Crippen LogP contribution in [0, 0.1) is 6.92 Å². The van der Waals surface area contributed by atoms with Gasteiger partial charge in [0.05, 0.1) is 5.39 Å². The first-order valence-corrected chi connectivity index (χ1v) is 9.96. The maximum atomic E-state index is 12.9. The number of carbonyl (C=O) groups excluding carboxylic acids is 1. The highest BCUT2D eigenvalue weighted by molar-refractivity contribution is 6.02. The van der Waals surface area contributed by atoms with Crippen molar-refractivity contribution in [2.45, 2.75) is 37.6 Å². The molecule has 0 spiro atoms. The molecule has 1 aliphatic rings. The molecule has 0 aliphatic carbocycles. The number of ether oxygens (including phenoxy) is 2. The van der Waals surface area contributed by atoms with Crippen molar-refractivity contribution >= 4 is 22.9 Å². The Morgan fingerprint density at radius 3 is 2.30 bits per heavy atom. The number of fused-ring (bicyclic) bond motifs is 1. The Balaban J connectivity index is 1.74. The van der Waals surface area contributed by atoms with Crippen molar-refractivity contribution in [1.82, 2.24) is 0 Å². The first-order valence-electron chi connectivity index (χ1n) is 9.96. The lowest BCUT2D eigenvalue weighted by Crippen LogP contribution is -2.60. The summed E-state index contributed by atoms with van der Waals surface area (Å²) in [6, 6.07) is 13.0. The Morgan fingerprint density at radius 2 is 1.64 bits per heavy atom. The van der Waals surface area contributed by atoms with Crippen LogP contribution < -0.4 is 5.43 Å². The molecule has 0 saturated carbocycles. The third-order valence-electron chi connectivity index (χ3n) is 5.44. The molecule has 1 aromatic heterocycles. The fourth-order valence-electron chi connectivity index (χ4n) is 3.65. The zero-order chi connectivity index (χ0) is 23.9. The fourth-order valence-corrected chi connectivity index (χ4v) is 3.65. The van der Waals surface area contributed by atoms with Crippen LogP contribution >= 0.6 is 0 Å². The van der Waals surface area contributed by atoms with Gasteiger partial charge in [-0.2, -0.15) is 0 Å². The molecule has 172 valence electrons. The van der Waals surface area contributed by atoms with Crippen LogP contribution in [0.25, 0.3) is 22.3 Å². The van der Waals surface area contributed by atoms with Gasteiger partial charge in [-0.1, -0.05) is 36.4 Å². The van der Waals surface area contributed by atoms with E-state index in [1.54, 1.807) is 37.3 Å². The smallest absolute Gasteiger partial charge is 0.344 e. The van der Waals surface area contributed by atoms with E-state index in [-0.39, 0.29) is 27.7 Å². The van der Waals surface area contributed by atoms with Gasteiger partial charge in [-0.25, -0.2) is 9.59 Å². The van der Waals surface area contributed by atoms with Gasteiger partial charge in [0.15, 0.2) is 17.1 Å². The van der Waals surface area contributed by atoms with Crippen LogP contribution in [0.3, 0.4) is 0 Å². The number of rotatable bonds is 4. The van der Waals surface area contributed by atoms with Gasteiger partial charge < -0.3 is 34.3 Å². The van der Waals surface area contributed by atoms with E-state index >= 15 is 0 Å². The molecule has 5 atom stereocenters. The lowest BCUT2D eigenvalue weighted by atomic mass is 9.99. The molecule has 0 radical (unpaired) electrons. The van der Waals surface area contributed by atoms with Crippen LogP contribution in [-0.4, -0.2) is 63.1 Å². The molecule has 1 fully saturated rings. The largest absolute Gasteiger partial charge is 0.479 e. The average Bonchev–Trinajstić information content (AvgIpc) is 2.81. The van der Waals surface area contributed by atoms with Crippen molar-refractivity contribution < 1.29 is 43.9 Å². The molecule has 1 aliphatic heterocycles. The highest BCUT2D eigenvalue weighted by Crippen LogP contribution is 2.29. The van der Waals surface area contributed by atoms with Crippen LogP contribution in [0.1, 0.15) is 15.9 Å². The molecule has 2 aromatic carbocycles. The van der Waals surface area contributed by atoms with Crippen molar-refractivity contribution in [3.63, 3.8) is 0 Å². The van der Waals surface area contributed by atoms with E-state index in [9.17, 15) is 29.7 Å². The van der Waals surface area contributed by atoms with Crippen LogP contribution in [0.4, 0.5) is 0 Å². The zero-order valence-electron chi connectivity index (χ0n) is 17.2. The quantitative estimate of drug-likeness (QED) is 0.413. The second-order valence-corrected chi connectivity index (χ2v) is 7.57. The van der Waals surface area contributed by atoms with Crippen molar-refractivity contribution in [2.75, 3.05) is 0 Å². The molecule has 4 N–H and O–H groups in total. The summed E-state index contributed by atoms with van der Waals surface area (Å²) < 4.78 is 16.0. The number of hydrogen-bond acceptors (Lipinski definition) is 9. The van der Waals surface area contributed by atoms with E-state index in [1.807, 2.05) is 0 Å². The number of carboxylic acids is 1. The molecule has 0 unspecified atom stereocenters. The summed E-state index contributed by atoms with van der Waals surface area (Å²) in [5, 5.41) is 39.1. The van der Waals surface area contributed by atoms with Crippen LogP contribution in [0.5, 0.6) is 0 Å². The molecule has 0 bridgehead atoms. The van der Waals surface area contributed by atoms with Gasteiger partial charge in [-0.15, -0.1) is 0 Å². The molecule has 2 heterocycles. The highest BCUT2D eigenvalue weighted by atomic mass is 16.7. The van der Waals surface area contributed by atoms with E-state index in [4.69, 9.17) is 19.0 Å². The van der Waals surface area contributed by atoms with Crippen molar-refractivity contribution in [3.05, 3.63) is 69.9 Å². The Bertz CT molecular complexity index is 1270. The fraction of sp³-hybridized carbons (Fsp3) is 0.261. The maximum absolute atomic E-state index is 12.9.